The molecule has 0 N–H and O–H groups in total. The van der Waals surface area contributed by atoms with Crippen LogP contribution >= 0.6 is 0 Å². The summed E-state index contributed by atoms with van der Waals surface area (Å²) in [5, 5.41) is 0. The molecule has 2 heterocycles. The summed E-state index contributed by atoms with van der Waals surface area (Å²) in [7, 11) is 0. The van der Waals surface area contributed by atoms with Gasteiger partial charge in [0.25, 0.3) is 5.91 Å². The van der Waals surface area contributed by atoms with Gasteiger partial charge in [-0.15, -0.1) is 0 Å². The van der Waals surface area contributed by atoms with E-state index in [4.69, 9.17) is 4.42 Å². The van der Waals surface area contributed by atoms with Crippen molar-refractivity contribution in [1.29, 1.82) is 0 Å². The maximum absolute atomic E-state index is 12.5. The summed E-state index contributed by atoms with van der Waals surface area (Å²) in [5.74, 6) is 0.369. The lowest BCUT2D eigenvalue weighted by Crippen LogP contribution is -2.37. The van der Waals surface area contributed by atoms with Crippen molar-refractivity contribution >= 4 is 11.8 Å². The Morgan fingerprint density at radius 3 is 2.42 bits per heavy atom. The van der Waals surface area contributed by atoms with E-state index in [2.05, 4.69) is 0 Å². The molecule has 1 aromatic heterocycles. The van der Waals surface area contributed by atoms with E-state index in [0.29, 0.717) is 38.4 Å². The van der Waals surface area contributed by atoms with Crippen LogP contribution in [0.25, 0.3) is 0 Å². The standard InChI is InChI=1S/C19H22N2O3/c1-15-5-7-16(8-6-15)14-18(22)20-9-3-10-21(12-11-20)19(23)17-4-2-13-24-17/h2,4-8,13H,3,9-12,14H2,1H3. The molecule has 0 radical (unpaired) electrons. The normalized spacial score (nSPS) is 15.2. The largest absolute Gasteiger partial charge is 0.459 e. The molecule has 0 unspecified atom stereocenters. The van der Waals surface area contributed by atoms with Gasteiger partial charge in [-0.05, 0) is 31.0 Å². The number of furan rings is 1. The Morgan fingerprint density at radius 2 is 1.71 bits per heavy atom. The van der Waals surface area contributed by atoms with Crippen LogP contribution in [0.15, 0.2) is 47.1 Å². The molecular weight excluding hydrogens is 304 g/mol. The first-order chi connectivity index (χ1) is 11.6. The molecule has 1 saturated heterocycles. The highest BCUT2D eigenvalue weighted by molar-refractivity contribution is 5.91. The molecule has 126 valence electrons. The molecule has 0 aliphatic carbocycles. The summed E-state index contributed by atoms with van der Waals surface area (Å²) in [4.78, 5) is 28.5. The van der Waals surface area contributed by atoms with E-state index < -0.39 is 0 Å². The van der Waals surface area contributed by atoms with Crippen LogP contribution in [-0.2, 0) is 11.2 Å². The Morgan fingerprint density at radius 1 is 1.00 bits per heavy atom. The summed E-state index contributed by atoms with van der Waals surface area (Å²) < 4.78 is 5.18. The van der Waals surface area contributed by atoms with Crippen LogP contribution in [0.3, 0.4) is 0 Å². The molecule has 1 aromatic carbocycles. The highest BCUT2D eigenvalue weighted by Crippen LogP contribution is 2.12. The van der Waals surface area contributed by atoms with Crippen molar-refractivity contribution in [2.24, 2.45) is 0 Å². The average molecular weight is 326 g/mol. The fourth-order valence-corrected chi connectivity index (χ4v) is 2.92. The summed E-state index contributed by atoms with van der Waals surface area (Å²) in [5.41, 5.74) is 2.21. The summed E-state index contributed by atoms with van der Waals surface area (Å²) in [6, 6.07) is 11.4. The molecule has 0 atom stereocenters. The van der Waals surface area contributed by atoms with Crippen molar-refractivity contribution in [2.45, 2.75) is 19.8 Å². The second-order valence-corrected chi connectivity index (χ2v) is 6.17. The van der Waals surface area contributed by atoms with Gasteiger partial charge in [-0.1, -0.05) is 29.8 Å². The third-order valence-electron chi connectivity index (χ3n) is 4.34. The van der Waals surface area contributed by atoms with E-state index in [1.54, 1.807) is 17.0 Å². The van der Waals surface area contributed by atoms with Gasteiger partial charge in [0.2, 0.25) is 5.91 Å². The molecule has 24 heavy (non-hydrogen) atoms. The number of rotatable bonds is 3. The number of hydrogen-bond donors (Lipinski definition) is 0. The predicted molar refractivity (Wildman–Crippen MR) is 90.7 cm³/mol. The van der Waals surface area contributed by atoms with E-state index in [-0.39, 0.29) is 11.8 Å². The van der Waals surface area contributed by atoms with Crippen molar-refractivity contribution < 1.29 is 14.0 Å². The number of amides is 2. The van der Waals surface area contributed by atoms with Gasteiger partial charge in [-0.2, -0.15) is 0 Å². The van der Waals surface area contributed by atoms with E-state index >= 15 is 0 Å². The number of hydrogen-bond acceptors (Lipinski definition) is 3. The molecule has 1 fully saturated rings. The van der Waals surface area contributed by atoms with Crippen LogP contribution in [0, 0.1) is 6.92 Å². The quantitative estimate of drug-likeness (QED) is 0.871. The van der Waals surface area contributed by atoms with Crippen molar-refractivity contribution in [3.63, 3.8) is 0 Å². The Balaban J connectivity index is 1.57. The zero-order valence-electron chi connectivity index (χ0n) is 13.9. The van der Waals surface area contributed by atoms with Gasteiger partial charge in [-0.3, -0.25) is 9.59 Å². The molecule has 2 amide bonds. The second-order valence-electron chi connectivity index (χ2n) is 6.17. The molecule has 1 aliphatic heterocycles. The van der Waals surface area contributed by atoms with Crippen LogP contribution in [0.1, 0.15) is 28.1 Å². The molecular formula is C19H22N2O3. The van der Waals surface area contributed by atoms with Gasteiger partial charge < -0.3 is 14.2 Å². The van der Waals surface area contributed by atoms with Crippen LogP contribution in [0.4, 0.5) is 0 Å². The van der Waals surface area contributed by atoms with Crippen LogP contribution < -0.4 is 0 Å². The van der Waals surface area contributed by atoms with E-state index in [0.717, 1.165) is 12.0 Å². The summed E-state index contributed by atoms with van der Waals surface area (Å²) >= 11 is 0. The number of carbonyl (C=O) groups excluding carboxylic acids is 2. The van der Waals surface area contributed by atoms with Gasteiger partial charge >= 0.3 is 0 Å². The molecule has 0 bridgehead atoms. The van der Waals surface area contributed by atoms with Crippen molar-refractivity contribution in [1.82, 2.24) is 9.80 Å². The molecule has 2 aromatic rings. The van der Waals surface area contributed by atoms with Crippen molar-refractivity contribution in [3.05, 3.63) is 59.5 Å². The minimum Gasteiger partial charge on any atom is -0.459 e. The molecule has 0 spiro atoms. The monoisotopic (exact) mass is 326 g/mol. The predicted octanol–water partition coefficient (Wildman–Crippen LogP) is 2.51. The Labute approximate surface area is 141 Å². The summed E-state index contributed by atoms with van der Waals surface area (Å²) in [6.07, 6.45) is 2.70. The number of nitrogens with zero attached hydrogens (tertiary/aromatic N) is 2. The zero-order valence-corrected chi connectivity index (χ0v) is 13.9. The molecule has 0 saturated carbocycles. The molecule has 3 rings (SSSR count). The fraction of sp³-hybridized carbons (Fsp3) is 0.368. The van der Waals surface area contributed by atoms with Crippen LogP contribution in [0.2, 0.25) is 0 Å². The first-order valence-corrected chi connectivity index (χ1v) is 8.29. The minimum absolute atomic E-state index is 0.104. The highest BCUT2D eigenvalue weighted by atomic mass is 16.3. The van der Waals surface area contributed by atoms with Gasteiger partial charge in [0.1, 0.15) is 0 Å². The Hall–Kier alpha value is -2.56. The molecule has 5 nitrogen and oxygen atoms in total. The Kier molecular flexibility index (Phi) is 4.99. The smallest absolute Gasteiger partial charge is 0.289 e. The fourth-order valence-electron chi connectivity index (χ4n) is 2.92. The van der Waals surface area contributed by atoms with Crippen molar-refractivity contribution in [2.75, 3.05) is 26.2 Å². The number of aryl methyl sites for hydroxylation is 1. The maximum atomic E-state index is 12.5. The third-order valence-corrected chi connectivity index (χ3v) is 4.34. The summed E-state index contributed by atoms with van der Waals surface area (Å²) in [6.45, 7) is 4.47. The minimum atomic E-state index is -0.104. The third kappa shape index (κ3) is 3.85. The topological polar surface area (TPSA) is 53.8 Å². The molecule has 5 heteroatoms. The SMILES string of the molecule is Cc1ccc(CC(=O)N2CCCN(C(=O)c3ccco3)CC2)cc1. The first kappa shape index (κ1) is 16.3. The van der Waals surface area contributed by atoms with Crippen molar-refractivity contribution in [3.8, 4) is 0 Å². The highest BCUT2D eigenvalue weighted by Gasteiger charge is 2.24. The van der Waals surface area contributed by atoms with Gasteiger partial charge in [-0.25, -0.2) is 0 Å². The van der Waals surface area contributed by atoms with E-state index in [1.807, 2.05) is 36.1 Å². The number of benzene rings is 1. The Bertz CT molecular complexity index is 692. The first-order valence-electron chi connectivity index (χ1n) is 8.29. The van der Waals surface area contributed by atoms with Crippen LogP contribution in [-0.4, -0.2) is 47.8 Å². The maximum Gasteiger partial charge on any atom is 0.289 e. The van der Waals surface area contributed by atoms with Gasteiger partial charge in [0.15, 0.2) is 5.76 Å². The lowest BCUT2D eigenvalue weighted by molar-refractivity contribution is -0.130. The van der Waals surface area contributed by atoms with Gasteiger partial charge in [0.05, 0.1) is 12.7 Å². The second kappa shape index (κ2) is 7.34. The lowest BCUT2D eigenvalue weighted by atomic mass is 10.1. The molecule has 1 aliphatic rings. The average Bonchev–Trinajstić information content (AvgIpc) is 3.00. The van der Waals surface area contributed by atoms with E-state index in [1.165, 1.54) is 11.8 Å². The van der Waals surface area contributed by atoms with E-state index in [9.17, 15) is 9.59 Å². The lowest BCUT2D eigenvalue weighted by Gasteiger charge is -2.21. The number of carbonyl (C=O) groups is 2. The van der Waals surface area contributed by atoms with Gasteiger partial charge in [0, 0.05) is 26.2 Å². The zero-order chi connectivity index (χ0) is 16.9. The van der Waals surface area contributed by atoms with Crippen LogP contribution in [0.5, 0.6) is 0 Å².